The Bertz CT molecular complexity index is 260. The highest BCUT2D eigenvalue weighted by atomic mass is 16.1. The second kappa shape index (κ2) is 2.91. The van der Waals surface area contributed by atoms with Crippen LogP contribution in [-0.2, 0) is 7.05 Å². The first kappa shape index (κ1) is 8.05. The normalized spacial score (nSPS) is 10.5. The minimum absolute atomic E-state index is 0.0948. The lowest BCUT2D eigenvalue weighted by atomic mass is 10.0. The summed E-state index contributed by atoms with van der Waals surface area (Å²) in [4.78, 5) is 11.3. The van der Waals surface area contributed by atoms with Gasteiger partial charge in [-0.05, 0) is 6.07 Å². The Labute approximate surface area is 66.8 Å². The second-order valence-electron chi connectivity index (χ2n) is 3.08. The summed E-state index contributed by atoms with van der Waals surface area (Å²) in [5.74, 6) is 0.308. The predicted octanol–water partition coefficient (Wildman–Crippen LogP) is 1.86. The molecule has 0 aliphatic heterocycles. The van der Waals surface area contributed by atoms with E-state index >= 15 is 0 Å². The third-order valence-corrected chi connectivity index (χ3v) is 1.64. The molecule has 0 bridgehead atoms. The summed E-state index contributed by atoms with van der Waals surface area (Å²) in [5.41, 5.74) is 0.808. The number of ketones is 1. The molecule has 0 atom stereocenters. The van der Waals surface area contributed by atoms with Crippen molar-refractivity contribution in [3.8, 4) is 0 Å². The molecule has 0 unspecified atom stereocenters. The number of aryl methyl sites for hydroxylation is 1. The Morgan fingerprint density at radius 3 is 2.55 bits per heavy atom. The van der Waals surface area contributed by atoms with E-state index in [2.05, 4.69) is 0 Å². The van der Waals surface area contributed by atoms with Gasteiger partial charge >= 0.3 is 0 Å². The van der Waals surface area contributed by atoms with Crippen LogP contribution in [0.15, 0.2) is 18.5 Å². The lowest BCUT2D eigenvalue weighted by Gasteiger charge is -1.99. The van der Waals surface area contributed by atoms with Gasteiger partial charge < -0.3 is 4.57 Å². The molecule has 1 heterocycles. The SMILES string of the molecule is CC(C)C(=O)c1ccn(C)c1. The minimum atomic E-state index is 0.0948. The number of aromatic nitrogens is 1. The molecule has 1 aromatic rings. The van der Waals surface area contributed by atoms with Crippen molar-refractivity contribution in [1.29, 1.82) is 0 Å². The molecule has 0 amide bonds. The molecule has 0 aliphatic rings. The van der Waals surface area contributed by atoms with Crippen LogP contribution in [0, 0.1) is 5.92 Å². The third kappa shape index (κ3) is 1.70. The van der Waals surface area contributed by atoms with Crippen molar-refractivity contribution in [2.75, 3.05) is 0 Å². The molecular formula is C9H13NO. The molecule has 0 aliphatic carbocycles. The van der Waals surface area contributed by atoms with Crippen molar-refractivity contribution >= 4 is 5.78 Å². The van der Waals surface area contributed by atoms with E-state index in [1.54, 1.807) is 0 Å². The highest BCUT2D eigenvalue weighted by Crippen LogP contribution is 2.07. The van der Waals surface area contributed by atoms with Gasteiger partial charge in [0.1, 0.15) is 0 Å². The first-order valence-electron chi connectivity index (χ1n) is 3.77. The summed E-state index contributed by atoms with van der Waals surface area (Å²) in [7, 11) is 1.91. The van der Waals surface area contributed by atoms with Crippen molar-refractivity contribution < 1.29 is 4.79 Å². The molecule has 0 spiro atoms. The minimum Gasteiger partial charge on any atom is -0.357 e. The second-order valence-corrected chi connectivity index (χ2v) is 3.08. The average molecular weight is 151 g/mol. The first-order valence-corrected chi connectivity index (χ1v) is 3.77. The van der Waals surface area contributed by atoms with Crippen LogP contribution in [0.3, 0.4) is 0 Å². The number of Topliss-reactive ketones (excluding diaryl/α,β-unsaturated/α-hetero) is 1. The van der Waals surface area contributed by atoms with Crippen LogP contribution in [0.25, 0.3) is 0 Å². The van der Waals surface area contributed by atoms with Gasteiger partial charge in [-0.3, -0.25) is 4.79 Å². The van der Waals surface area contributed by atoms with E-state index < -0.39 is 0 Å². The highest BCUT2D eigenvalue weighted by molar-refractivity contribution is 5.97. The molecule has 1 rings (SSSR count). The van der Waals surface area contributed by atoms with Gasteiger partial charge in [0.25, 0.3) is 0 Å². The fraction of sp³-hybridized carbons (Fsp3) is 0.444. The maximum atomic E-state index is 11.3. The standard InChI is InChI=1S/C9H13NO/c1-7(2)9(11)8-4-5-10(3)6-8/h4-7H,1-3H3. The van der Waals surface area contributed by atoms with Gasteiger partial charge in [0.2, 0.25) is 0 Å². The maximum absolute atomic E-state index is 11.3. The highest BCUT2D eigenvalue weighted by Gasteiger charge is 2.10. The zero-order chi connectivity index (χ0) is 8.43. The van der Waals surface area contributed by atoms with Crippen LogP contribution in [-0.4, -0.2) is 10.4 Å². The Kier molecular flexibility index (Phi) is 2.13. The summed E-state index contributed by atoms with van der Waals surface area (Å²) in [6, 6.07) is 1.85. The van der Waals surface area contributed by atoms with Crippen LogP contribution in [0.4, 0.5) is 0 Å². The monoisotopic (exact) mass is 151 g/mol. The quantitative estimate of drug-likeness (QED) is 0.591. The Hall–Kier alpha value is -1.05. The Morgan fingerprint density at radius 2 is 2.18 bits per heavy atom. The zero-order valence-corrected chi connectivity index (χ0v) is 7.16. The fourth-order valence-electron chi connectivity index (χ4n) is 0.982. The Morgan fingerprint density at radius 1 is 1.55 bits per heavy atom. The molecule has 11 heavy (non-hydrogen) atoms. The molecule has 60 valence electrons. The lowest BCUT2D eigenvalue weighted by molar-refractivity contribution is 0.0939. The molecule has 2 nitrogen and oxygen atoms in total. The number of nitrogens with zero attached hydrogens (tertiary/aromatic N) is 1. The molecule has 0 aromatic carbocycles. The lowest BCUT2D eigenvalue weighted by Crippen LogP contribution is -2.05. The number of rotatable bonds is 2. The van der Waals surface area contributed by atoms with Crippen LogP contribution < -0.4 is 0 Å². The number of carbonyl (C=O) groups is 1. The maximum Gasteiger partial charge on any atom is 0.166 e. The summed E-state index contributed by atoms with van der Waals surface area (Å²) < 4.78 is 1.88. The van der Waals surface area contributed by atoms with Crippen LogP contribution in [0.2, 0.25) is 0 Å². The van der Waals surface area contributed by atoms with Crippen molar-refractivity contribution in [3.05, 3.63) is 24.0 Å². The van der Waals surface area contributed by atoms with Gasteiger partial charge in [0.15, 0.2) is 5.78 Å². The van der Waals surface area contributed by atoms with Crippen molar-refractivity contribution in [1.82, 2.24) is 4.57 Å². The molecule has 1 aromatic heterocycles. The van der Waals surface area contributed by atoms with Gasteiger partial charge in [0.05, 0.1) is 0 Å². The van der Waals surface area contributed by atoms with Crippen LogP contribution >= 0.6 is 0 Å². The van der Waals surface area contributed by atoms with E-state index in [1.165, 1.54) is 0 Å². The van der Waals surface area contributed by atoms with Crippen LogP contribution in [0.5, 0.6) is 0 Å². The molecular weight excluding hydrogens is 138 g/mol. The smallest absolute Gasteiger partial charge is 0.166 e. The van der Waals surface area contributed by atoms with Crippen molar-refractivity contribution in [2.45, 2.75) is 13.8 Å². The number of hydrogen-bond acceptors (Lipinski definition) is 1. The molecule has 0 fully saturated rings. The van der Waals surface area contributed by atoms with Gasteiger partial charge in [-0.1, -0.05) is 13.8 Å². The van der Waals surface area contributed by atoms with Gasteiger partial charge in [-0.15, -0.1) is 0 Å². The molecule has 0 radical (unpaired) electrons. The number of carbonyl (C=O) groups excluding carboxylic acids is 1. The van der Waals surface area contributed by atoms with E-state index in [0.717, 1.165) is 5.56 Å². The predicted molar refractivity (Wildman–Crippen MR) is 44.6 cm³/mol. The molecule has 0 saturated carbocycles. The van der Waals surface area contributed by atoms with Gasteiger partial charge in [0, 0.05) is 30.9 Å². The average Bonchev–Trinajstić information content (AvgIpc) is 2.34. The van der Waals surface area contributed by atoms with E-state index in [4.69, 9.17) is 0 Å². The van der Waals surface area contributed by atoms with Gasteiger partial charge in [-0.25, -0.2) is 0 Å². The van der Waals surface area contributed by atoms with E-state index in [-0.39, 0.29) is 11.7 Å². The molecule has 0 saturated heterocycles. The van der Waals surface area contributed by atoms with E-state index in [1.807, 2.05) is 43.9 Å². The van der Waals surface area contributed by atoms with E-state index in [0.29, 0.717) is 0 Å². The molecule has 2 heteroatoms. The molecule has 0 N–H and O–H groups in total. The van der Waals surface area contributed by atoms with Gasteiger partial charge in [-0.2, -0.15) is 0 Å². The zero-order valence-electron chi connectivity index (χ0n) is 7.16. The summed E-state index contributed by atoms with van der Waals surface area (Å²) in [6.07, 6.45) is 3.73. The first-order chi connectivity index (χ1) is 5.11. The van der Waals surface area contributed by atoms with Crippen molar-refractivity contribution in [2.24, 2.45) is 13.0 Å². The topological polar surface area (TPSA) is 22.0 Å². The van der Waals surface area contributed by atoms with Crippen LogP contribution in [0.1, 0.15) is 24.2 Å². The largest absolute Gasteiger partial charge is 0.357 e. The van der Waals surface area contributed by atoms with E-state index in [9.17, 15) is 4.79 Å². The van der Waals surface area contributed by atoms with Crippen molar-refractivity contribution in [3.63, 3.8) is 0 Å². The Balaban J connectivity index is 2.85. The summed E-state index contributed by atoms with van der Waals surface area (Å²) >= 11 is 0. The third-order valence-electron chi connectivity index (χ3n) is 1.64. The summed E-state index contributed by atoms with van der Waals surface area (Å²) in [6.45, 7) is 3.82. The fourth-order valence-corrected chi connectivity index (χ4v) is 0.982. The summed E-state index contributed by atoms with van der Waals surface area (Å²) in [5, 5.41) is 0. The number of hydrogen-bond donors (Lipinski definition) is 0.